The summed E-state index contributed by atoms with van der Waals surface area (Å²) in [5, 5.41) is 8.57. The normalized spacial score (nSPS) is 19.6. The number of aliphatic carboxylic acids is 1. The lowest BCUT2D eigenvalue weighted by Crippen LogP contribution is -2.01. The molecule has 3 heteroatoms. The highest BCUT2D eigenvalue weighted by Gasteiger charge is 2.20. The average Bonchev–Trinajstić information content (AvgIpc) is 2.86. The van der Waals surface area contributed by atoms with Crippen LogP contribution < -0.4 is 0 Å². The van der Waals surface area contributed by atoms with Crippen molar-refractivity contribution in [2.75, 3.05) is 0 Å². The third kappa shape index (κ3) is 8.34. The summed E-state index contributed by atoms with van der Waals surface area (Å²) in [6, 6.07) is 0. The molecule has 0 aromatic rings. The molecule has 0 saturated heterocycles. The first kappa shape index (κ1) is 19.1. The lowest BCUT2D eigenvalue weighted by Gasteiger charge is -2.06. The van der Waals surface area contributed by atoms with Crippen LogP contribution in [-0.4, -0.2) is 16.9 Å². The Kier molecular flexibility index (Phi) is 9.69. The number of carboxylic acid groups (broad SMARTS) is 1. The van der Waals surface area contributed by atoms with Crippen molar-refractivity contribution in [3.05, 3.63) is 48.1 Å². The average molecular weight is 316 g/mol. The summed E-state index contributed by atoms with van der Waals surface area (Å²) in [5.74, 6) is -0.496. The van der Waals surface area contributed by atoms with Crippen molar-refractivity contribution in [3.63, 3.8) is 0 Å². The fraction of sp³-hybridized carbons (Fsp3) is 0.500. The molecule has 126 valence electrons. The second kappa shape index (κ2) is 11.6. The summed E-state index contributed by atoms with van der Waals surface area (Å²) in [4.78, 5) is 22.3. The highest BCUT2D eigenvalue weighted by atomic mass is 16.4. The van der Waals surface area contributed by atoms with Crippen LogP contribution in [0, 0.1) is 5.92 Å². The molecule has 0 bridgehead atoms. The predicted molar refractivity (Wildman–Crippen MR) is 94.2 cm³/mol. The van der Waals surface area contributed by atoms with Gasteiger partial charge in [-0.25, -0.2) is 0 Å². The maximum atomic E-state index is 11.9. The Morgan fingerprint density at radius 3 is 2.70 bits per heavy atom. The van der Waals surface area contributed by atoms with Crippen LogP contribution in [0.2, 0.25) is 0 Å². The number of unbranched alkanes of at least 4 members (excludes halogenated alkanes) is 4. The van der Waals surface area contributed by atoms with Crippen LogP contribution in [0.3, 0.4) is 0 Å². The van der Waals surface area contributed by atoms with Gasteiger partial charge in [-0.1, -0.05) is 56.2 Å². The molecular formula is C20H28O3. The van der Waals surface area contributed by atoms with E-state index in [4.69, 9.17) is 5.11 Å². The highest BCUT2D eigenvalue weighted by molar-refractivity contribution is 6.07. The number of carboxylic acids is 1. The van der Waals surface area contributed by atoms with E-state index in [2.05, 4.69) is 13.0 Å². The van der Waals surface area contributed by atoms with E-state index in [-0.39, 0.29) is 18.1 Å². The molecule has 0 aliphatic heterocycles. The zero-order chi connectivity index (χ0) is 16.9. The van der Waals surface area contributed by atoms with E-state index in [0.717, 1.165) is 24.8 Å². The van der Waals surface area contributed by atoms with Gasteiger partial charge < -0.3 is 5.11 Å². The fourth-order valence-electron chi connectivity index (χ4n) is 2.51. The third-order valence-electron chi connectivity index (χ3n) is 3.87. The number of carbonyl (C=O) groups excluding carboxylic acids is 1. The minimum absolute atomic E-state index is 0.104. The molecule has 0 aromatic carbocycles. The van der Waals surface area contributed by atoms with E-state index in [1.807, 2.05) is 30.4 Å². The minimum Gasteiger partial charge on any atom is -0.481 e. The van der Waals surface area contributed by atoms with Gasteiger partial charge in [-0.05, 0) is 38.2 Å². The van der Waals surface area contributed by atoms with E-state index in [9.17, 15) is 9.59 Å². The number of allylic oxidation sites excluding steroid dienone is 8. The molecule has 3 nitrogen and oxygen atoms in total. The molecule has 1 atom stereocenters. The van der Waals surface area contributed by atoms with Crippen LogP contribution in [0.15, 0.2) is 48.1 Å². The Morgan fingerprint density at radius 1 is 1.17 bits per heavy atom. The van der Waals surface area contributed by atoms with Crippen molar-refractivity contribution in [2.45, 2.75) is 58.3 Å². The van der Waals surface area contributed by atoms with E-state index < -0.39 is 5.97 Å². The van der Waals surface area contributed by atoms with Crippen LogP contribution in [0.1, 0.15) is 58.3 Å². The SMILES string of the molecule is CCCCC/C=C/C=C1\C(=O)C=C[C@H]1C/C=C/CCCC(=O)O. The van der Waals surface area contributed by atoms with Gasteiger partial charge in [-0.2, -0.15) is 0 Å². The van der Waals surface area contributed by atoms with E-state index in [1.54, 1.807) is 6.08 Å². The quantitative estimate of drug-likeness (QED) is 0.331. The topological polar surface area (TPSA) is 54.4 Å². The van der Waals surface area contributed by atoms with Gasteiger partial charge in [0.25, 0.3) is 0 Å². The van der Waals surface area contributed by atoms with Crippen LogP contribution in [0.5, 0.6) is 0 Å². The van der Waals surface area contributed by atoms with Crippen molar-refractivity contribution in [1.29, 1.82) is 0 Å². The van der Waals surface area contributed by atoms with Gasteiger partial charge in [-0.15, -0.1) is 0 Å². The standard InChI is InChI=1S/C20H28O3/c1-2-3-4-5-6-10-13-18-17(15-16-19(18)21)12-9-7-8-11-14-20(22)23/h6-7,9-10,13,15-17H,2-5,8,11-12,14H2,1H3,(H,22,23)/b9-7+,10-6+,18-13-/t17-/m1/s1. The molecular weight excluding hydrogens is 288 g/mol. The molecule has 0 fully saturated rings. The summed E-state index contributed by atoms with van der Waals surface area (Å²) in [6.45, 7) is 2.19. The third-order valence-corrected chi connectivity index (χ3v) is 3.87. The summed E-state index contributed by atoms with van der Waals surface area (Å²) < 4.78 is 0. The maximum absolute atomic E-state index is 11.9. The first-order valence-corrected chi connectivity index (χ1v) is 8.61. The molecule has 1 rings (SSSR count). The van der Waals surface area contributed by atoms with Crippen molar-refractivity contribution in [3.8, 4) is 0 Å². The molecule has 0 saturated carbocycles. The first-order chi connectivity index (χ1) is 11.1. The van der Waals surface area contributed by atoms with Crippen molar-refractivity contribution < 1.29 is 14.7 Å². The van der Waals surface area contributed by atoms with Gasteiger partial charge in [0.1, 0.15) is 0 Å². The molecule has 0 spiro atoms. The molecule has 0 aromatic heterocycles. The fourth-order valence-corrected chi connectivity index (χ4v) is 2.51. The van der Waals surface area contributed by atoms with Crippen LogP contribution in [0.25, 0.3) is 0 Å². The summed E-state index contributed by atoms with van der Waals surface area (Å²) in [5.41, 5.74) is 0.854. The van der Waals surface area contributed by atoms with Crippen LogP contribution in [-0.2, 0) is 9.59 Å². The van der Waals surface area contributed by atoms with Gasteiger partial charge >= 0.3 is 5.97 Å². The molecule has 1 N–H and O–H groups in total. The van der Waals surface area contributed by atoms with E-state index in [1.165, 1.54) is 19.3 Å². The molecule has 0 heterocycles. The minimum atomic E-state index is -0.751. The Hall–Kier alpha value is -1.90. The number of ketones is 1. The van der Waals surface area contributed by atoms with Gasteiger partial charge in [0, 0.05) is 17.9 Å². The van der Waals surface area contributed by atoms with Crippen molar-refractivity contribution in [2.24, 2.45) is 5.92 Å². The second-order valence-corrected chi connectivity index (χ2v) is 5.87. The largest absolute Gasteiger partial charge is 0.481 e. The first-order valence-electron chi connectivity index (χ1n) is 8.61. The zero-order valence-electron chi connectivity index (χ0n) is 14.0. The van der Waals surface area contributed by atoms with Gasteiger partial charge in [-0.3, -0.25) is 9.59 Å². The Labute approximate surface area is 139 Å². The Bertz CT molecular complexity index is 495. The molecule has 1 aliphatic rings. The van der Waals surface area contributed by atoms with Crippen molar-refractivity contribution >= 4 is 11.8 Å². The lowest BCUT2D eigenvalue weighted by molar-refractivity contribution is -0.137. The number of hydrogen-bond acceptors (Lipinski definition) is 2. The lowest BCUT2D eigenvalue weighted by atomic mass is 9.97. The van der Waals surface area contributed by atoms with Gasteiger partial charge in [0.05, 0.1) is 0 Å². The second-order valence-electron chi connectivity index (χ2n) is 5.87. The Balaban J connectivity index is 2.38. The van der Waals surface area contributed by atoms with E-state index in [0.29, 0.717) is 6.42 Å². The maximum Gasteiger partial charge on any atom is 0.303 e. The van der Waals surface area contributed by atoms with Crippen molar-refractivity contribution in [1.82, 2.24) is 0 Å². The summed E-state index contributed by atoms with van der Waals surface area (Å²) in [6.07, 6.45) is 20.9. The Morgan fingerprint density at radius 2 is 1.96 bits per heavy atom. The van der Waals surface area contributed by atoms with E-state index >= 15 is 0 Å². The highest BCUT2D eigenvalue weighted by Crippen LogP contribution is 2.25. The van der Waals surface area contributed by atoms with Crippen LogP contribution in [0.4, 0.5) is 0 Å². The molecule has 0 unspecified atom stereocenters. The molecule has 23 heavy (non-hydrogen) atoms. The zero-order valence-corrected chi connectivity index (χ0v) is 14.0. The number of rotatable bonds is 11. The number of carbonyl (C=O) groups is 2. The predicted octanol–water partition coefficient (Wildman–Crippen LogP) is 5.01. The van der Waals surface area contributed by atoms with Crippen LogP contribution >= 0.6 is 0 Å². The molecule has 0 radical (unpaired) electrons. The monoisotopic (exact) mass is 316 g/mol. The van der Waals surface area contributed by atoms with Gasteiger partial charge in [0.2, 0.25) is 0 Å². The van der Waals surface area contributed by atoms with Gasteiger partial charge in [0.15, 0.2) is 5.78 Å². The smallest absolute Gasteiger partial charge is 0.303 e. The summed E-state index contributed by atoms with van der Waals surface area (Å²) >= 11 is 0. The molecule has 1 aliphatic carbocycles. The molecule has 0 amide bonds. The summed E-state index contributed by atoms with van der Waals surface area (Å²) in [7, 11) is 0. The number of hydrogen-bond donors (Lipinski definition) is 1.